The molecule has 2 rings (SSSR count). The first kappa shape index (κ1) is 16.4. The monoisotopic (exact) mass is 344 g/mol. The van der Waals surface area contributed by atoms with Gasteiger partial charge in [0, 0.05) is 6.54 Å². The third kappa shape index (κ3) is 3.63. The van der Waals surface area contributed by atoms with Gasteiger partial charge in [0.1, 0.15) is 0 Å². The Hall–Kier alpha value is -1.93. The molecule has 0 unspecified atom stereocenters. The molecule has 0 radical (unpaired) electrons. The molecule has 1 heterocycles. The van der Waals surface area contributed by atoms with Gasteiger partial charge in [-0.2, -0.15) is 4.98 Å². The second kappa shape index (κ2) is 6.45. The quantitative estimate of drug-likeness (QED) is 0.844. The molecule has 6 nitrogen and oxygen atoms in total. The van der Waals surface area contributed by atoms with E-state index < -0.39 is 15.8 Å². The molecule has 9 heteroatoms. The van der Waals surface area contributed by atoms with Gasteiger partial charge >= 0.3 is 0 Å². The molecule has 118 valence electrons. The van der Waals surface area contributed by atoms with Crippen molar-refractivity contribution in [3.8, 4) is 0 Å². The highest BCUT2D eigenvalue weighted by Gasteiger charge is 2.19. The Bertz CT molecular complexity index is 785. The lowest BCUT2D eigenvalue weighted by atomic mass is 10.2. The summed E-state index contributed by atoms with van der Waals surface area (Å²) in [5, 5.41) is 2.64. The SMILES string of the molecule is CCN(c1ccccc1Nc1nc(Cl)ncc1F)S(C)(=O)=O. The topological polar surface area (TPSA) is 75.2 Å². The summed E-state index contributed by atoms with van der Waals surface area (Å²) in [6.45, 7) is 1.95. The molecular formula is C13H14ClFN4O2S. The van der Waals surface area contributed by atoms with Crippen molar-refractivity contribution in [1.82, 2.24) is 9.97 Å². The number of aromatic nitrogens is 2. The Balaban J connectivity index is 2.47. The van der Waals surface area contributed by atoms with Gasteiger partial charge in [-0.3, -0.25) is 4.31 Å². The minimum Gasteiger partial charge on any atom is -0.336 e. The summed E-state index contributed by atoms with van der Waals surface area (Å²) in [6.07, 6.45) is 2.05. The Labute approximate surface area is 133 Å². The van der Waals surface area contributed by atoms with E-state index in [0.717, 1.165) is 12.5 Å². The molecule has 1 aromatic carbocycles. The molecule has 2 aromatic rings. The van der Waals surface area contributed by atoms with Crippen LogP contribution >= 0.6 is 11.6 Å². The van der Waals surface area contributed by atoms with Crippen LogP contribution in [0.2, 0.25) is 5.28 Å². The summed E-state index contributed by atoms with van der Waals surface area (Å²) in [5.41, 5.74) is 0.782. The van der Waals surface area contributed by atoms with Crippen molar-refractivity contribution >= 4 is 38.8 Å². The minimum atomic E-state index is -3.46. The van der Waals surface area contributed by atoms with Crippen LogP contribution in [0.5, 0.6) is 0 Å². The molecule has 0 aliphatic heterocycles. The van der Waals surface area contributed by atoms with Gasteiger partial charge in [0.25, 0.3) is 0 Å². The van der Waals surface area contributed by atoms with Crippen LogP contribution in [0.15, 0.2) is 30.5 Å². The van der Waals surface area contributed by atoms with Crippen molar-refractivity contribution < 1.29 is 12.8 Å². The number of sulfonamides is 1. The van der Waals surface area contributed by atoms with Crippen LogP contribution in [0.3, 0.4) is 0 Å². The van der Waals surface area contributed by atoms with Crippen molar-refractivity contribution in [3.63, 3.8) is 0 Å². The fourth-order valence-electron chi connectivity index (χ4n) is 1.94. The zero-order valence-electron chi connectivity index (χ0n) is 11.9. The van der Waals surface area contributed by atoms with Crippen molar-refractivity contribution in [2.24, 2.45) is 0 Å². The number of rotatable bonds is 5. The van der Waals surface area contributed by atoms with E-state index in [1.54, 1.807) is 31.2 Å². The van der Waals surface area contributed by atoms with Crippen LogP contribution < -0.4 is 9.62 Å². The molecule has 0 bridgehead atoms. The second-order valence-electron chi connectivity index (χ2n) is 4.41. The van der Waals surface area contributed by atoms with Gasteiger partial charge in [-0.15, -0.1) is 0 Å². The van der Waals surface area contributed by atoms with Gasteiger partial charge in [0.2, 0.25) is 15.3 Å². The minimum absolute atomic E-state index is 0.114. The number of nitrogens with one attached hydrogen (secondary N) is 1. The number of anilines is 3. The predicted molar refractivity (Wildman–Crippen MR) is 84.6 cm³/mol. The predicted octanol–water partition coefficient (Wildman–Crippen LogP) is 2.80. The van der Waals surface area contributed by atoms with Crippen LogP contribution in [-0.2, 0) is 10.0 Å². The maximum atomic E-state index is 13.7. The zero-order valence-corrected chi connectivity index (χ0v) is 13.5. The van der Waals surface area contributed by atoms with Crippen molar-refractivity contribution in [2.75, 3.05) is 22.4 Å². The van der Waals surface area contributed by atoms with Crippen molar-refractivity contribution in [3.05, 3.63) is 41.6 Å². The van der Waals surface area contributed by atoms with Crippen LogP contribution in [0.4, 0.5) is 21.6 Å². The maximum absolute atomic E-state index is 13.7. The van der Waals surface area contributed by atoms with Gasteiger partial charge < -0.3 is 5.32 Å². The molecule has 0 atom stereocenters. The van der Waals surface area contributed by atoms with Crippen molar-refractivity contribution in [1.29, 1.82) is 0 Å². The standard InChI is InChI=1S/C13H14ClFN4O2S/c1-3-19(22(2,20)21)11-7-5-4-6-10(11)17-12-9(15)8-16-13(14)18-12/h4-8H,3H2,1-2H3,(H,16,17,18). The number of halogens is 2. The van der Waals surface area contributed by atoms with Gasteiger partial charge in [0.15, 0.2) is 11.6 Å². The first-order valence-corrected chi connectivity index (χ1v) is 8.57. The van der Waals surface area contributed by atoms with E-state index in [1.807, 2.05) is 0 Å². The summed E-state index contributed by atoms with van der Waals surface area (Å²) < 4.78 is 38.7. The van der Waals surface area contributed by atoms with Gasteiger partial charge in [-0.25, -0.2) is 17.8 Å². The Morgan fingerprint density at radius 1 is 1.36 bits per heavy atom. The fourth-order valence-corrected chi connectivity index (χ4v) is 3.06. The second-order valence-corrected chi connectivity index (χ2v) is 6.65. The highest BCUT2D eigenvalue weighted by atomic mass is 35.5. The van der Waals surface area contributed by atoms with E-state index in [0.29, 0.717) is 11.4 Å². The molecular weight excluding hydrogens is 331 g/mol. The van der Waals surface area contributed by atoms with Gasteiger partial charge in [-0.1, -0.05) is 12.1 Å². The van der Waals surface area contributed by atoms with E-state index >= 15 is 0 Å². The molecule has 0 spiro atoms. The summed E-state index contributed by atoms with van der Waals surface area (Å²) in [7, 11) is -3.46. The smallest absolute Gasteiger partial charge is 0.232 e. The molecule has 0 fully saturated rings. The molecule has 0 amide bonds. The Kier molecular flexibility index (Phi) is 4.82. The van der Waals surface area contributed by atoms with Crippen molar-refractivity contribution in [2.45, 2.75) is 6.92 Å². The highest BCUT2D eigenvalue weighted by molar-refractivity contribution is 7.92. The molecule has 0 saturated heterocycles. The third-order valence-corrected chi connectivity index (χ3v) is 4.27. The molecule has 0 aliphatic carbocycles. The highest BCUT2D eigenvalue weighted by Crippen LogP contribution is 2.30. The van der Waals surface area contributed by atoms with E-state index in [1.165, 1.54) is 4.31 Å². The van der Waals surface area contributed by atoms with Crippen LogP contribution in [-0.4, -0.2) is 31.2 Å². The summed E-state index contributed by atoms with van der Waals surface area (Å²) in [6, 6.07) is 6.63. The lowest BCUT2D eigenvalue weighted by Gasteiger charge is -2.23. The summed E-state index contributed by atoms with van der Waals surface area (Å²) in [5.74, 6) is -0.821. The molecule has 1 N–H and O–H groups in total. The lowest BCUT2D eigenvalue weighted by molar-refractivity contribution is 0.598. The number of benzene rings is 1. The molecule has 1 aromatic heterocycles. The van der Waals surface area contributed by atoms with E-state index in [-0.39, 0.29) is 17.6 Å². The zero-order chi connectivity index (χ0) is 16.3. The van der Waals surface area contributed by atoms with Crippen LogP contribution in [0.1, 0.15) is 6.92 Å². The molecule has 0 aliphatic rings. The average Bonchev–Trinajstić information content (AvgIpc) is 2.44. The number of hydrogen-bond acceptors (Lipinski definition) is 5. The first-order valence-electron chi connectivity index (χ1n) is 6.34. The van der Waals surface area contributed by atoms with E-state index in [4.69, 9.17) is 11.6 Å². The Morgan fingerprint density at radius 2 is 2.05 bits per heavy atom. The molecule has 0 saturated carbocycles. The molecule has 22 heavy (non-hydrogen) atoms. The van der Waals surface area contributed by atoms with Crippen LogP contribution in [0, 0.1) is 5.82 Å². The Morgan fingerprint density at radius 3 is 2.68 bits per heavy atom. The largest absolute Gasteiger partial charge is 0.336 e. The normalized spacial score (nSPS) is 11.3. The average molecular weight is 345 g/mol. The lowest BCUT2D eigenvalue weighted by Crippen LogP contribution is -2.30. The van der Waals surface area contributed by atoms with E-state index in [9.17, 15) is 12.8 Å². The van der Waals surface area contributed by atoms with E-state index in [2.05, 4.69) is 15.3 Å². The van der Waals surface area contributed by atoms with Crippen LogP contribution in [0.25, 0.3) is 0 Å². The third-order valence-electron chi connectivity index (χ3n) is 2.83. The maximum Gasteiger partial charge on any atom is 0.232 e. The van der Waals surface area contributed by atoms with Gasteiger partial charge in [0.05, 0.1) is 23.8 Å². The first-order chi connectivity index (χ1) is 10.3. The number of para-hydroxylation sites is 2. The summed E-state index contributed by atoms with van der Waals surface area (Å²) in [4.78, 5) is 7.28. The number of hydrogen-bond donors (Lipinski definition) is 1. The number of nitrogens with zero attached hydrogens (tertiary/aromatic N) is 3. The van der Waals surface area contributed by atoms with Gasteiger partial charge in [-0.05, 0) is 30.7 Å². The summed E-state index contributed by atoms with van der Waals surface area (Å²) >= 11 is 5.65. The fraction of sp³-hybridized carbons (Fsp3) is 0.231.